The van der Waals surface area contributed by atoms with E-state index >= 15 is 0 Å². The summed E-state index contributed by atoms with van der Waals surface area (Å²) >= 11 is 0. The van der Waals surface area contributed by atoms with Crippen LogP contribution in [-0.4, -0.2) is 36.5 Å². The van der Waals surface area contributed by atoms with Gasteiger partial charge in [-0.05, 0) is 72.2 Å². The lowest BCUT2D eigenvalue weighted by atomic mass is 9.99. The highest BCUT2D eigenvalue weighted by Crippen LogP contribution is 2.31. The lowest BCUT2D eigenvalue weighted by molar-refractivity contribution is -0.206. The first-order valence-corrected chi connectivity index (χ1v) is 15.7. The van der Waals surface area contributed by atoms with E-state index in [4.69, 9.17) is 9.47 Å². The van der Waals surface area contributed by atoms with Crippen molar-refractivity contribution in [1.29, 1.82) is 0 Å². The van der Waals surface area contributed by atoms with Crippen molar-refractivity contribution in [2.75, 3.05) is 0 Å². The Morgan fingerprint density at radius 3 is 1.04 bits per heavy atom. The zero-order chi connectivity index (χ0) is 33.7. The summed E-state index contributed by atoms with van der Waals surface area (Å²) in [7, 11) is 0. The molecule has 3 aromatic rings. The van der Waals surface area contributed by atoms with Gasteiger partial charge in [0.1, 0.15) is 0 Å². The third kappa shape index (κ3) is 11.2. The minimum absolute atomic E-state index is 0.0137. The lowest BCUT2D eigenvalue weighted by Crippen LogP contribution is -2.33. The van der Waals surface area contributed by atoms with E-state index < -0.39 is 36.5 Å². The molecule has 0 aliphatic carbocycles. The highest BCUT2D eigenvalue weighted by molar-refractivity contribution is 5.91. The Balaban J connectivity index is 1.61. The fraction of sp³-hybridized carbons (Fsp3) is 0.444. The Kier molecular flexibility index (Phi) is 13.7. The molecule has 0 N–H and O–H groups in total. The molecule has 0 spiro atoms. The van der Waals surface area contributed by atoms with Crippen LogP contribution < -0.4 is 0 Å². The van der Waals surface area contributed by atoms with E-state index in [1.165, 1.54) is 24.3 Å². The van der Waals surface area contributed by atoms with Crippen LogP contribution in [0.5, 0.6) is 0 Å². The maximum absolute atomic E-state index is 13.4. The minimum Gasteiger partial charge on any atom is -0.449 e. The summed E-state index contributed by atoms with van der Waals surface area (Å²) in [5.74, 6) is -2.07. The van der Waals surface area contributed by atoms with E-state index in [9.17, 15) is 35.9 Å². The number of rotatable bonds is 16. The molecular weight excluding hydrogens is 610 g/mol. The molecule has 2 atom stereocenters. The Bertz CT molecular complexity index is 1260. The standard InChI is InChI=1S/C36H40F6O4/c1-3-5-7-9-11-31(35(37,38)39)45-33(43)29-21-17-27(18-22-29)25-13-15-26(16-14-25)28-19-23-30(24-20-28)34(44)46-32(36(40,41)42)12-10-8-6-4-2/h13-24,31-32H,3-12H2,1-2H3/t31-,32-/m1/s1. The number of halogens is 6. The van der Waals surface area contributed by atoms with E-state index in [0.29, 0.717) is 25.7 Å². The monoisotopic (exact) mass is 650 g/mol. The molecule has 0 saturated carbocycles. The SMILES string of the molecule is CCCCCC[C@@H](OC(=O)c1ccc(-c2ccc(-c3ccc(C(=O)O[C@H](CCCCCC)C(F)(F)F)cc3)cc2)cc1)C(F)(F)F. The van der Waals surface area contributed by atoms with E-state index in [1.807, 2.05) is 38.1 Å². The molecule has 0 aliphatic heterocycles. The molecule has 0 bridgehead atoms. The molecule has 0 saturated heterocycles. The molecule has 3 rings (SSSR count). The second-order valence-electron chi connectivity index (χ2n) is 11.3. The van der Waals surface area contributed by atoms with Crippen LogP contribution in [0.2, 0.25) is 0 Å². The fourth-order valence-electron chi connectivity index (χ4n) is 4.94. The predicted molar refractivity (Wildman–Crippen MR) is 165 cm³/mol. The van der Waals surface area contributed by atoms with Crippen LogP contribution in [0.1, 0.15) is 98.8 Å². The molecule has 46 heavy (non-hydrogen) atoms. The van der Waals surface area contributed by atoms with Gasteiger partial charge in [-0.2, -0.15) is 26.3 Å². The number of alkyl halides is 6. The highest BCUT2D eigenvalue weighted by atomic mass is 19.4. The predicted octanol–water partition coefficient (Wildman–Crippen LogP) is 11.1. The van der Waals surface area contributed by atoms with Gasteiger partial charge in [0.05, 0.1) is 11.1 Å². The number of hydrogen-bond acceptors (Lipinski definition) is 4. The maximum atomic E-state index is 13.4. The van der Waals surface area contributed by atoms with E-state index in [1.54, 1.807) is 24.3 Å². The summed E-state index contributed by atoms with van der Waals surface area (Å²) in [6.45, 7) is 3.91. The van der Waals surface area contributed by atoms with Crippen molar-refractivity contribution in [1.82, 2.24) is 0 Å². The number of unbranched alkanes of at least 4 members (excludes halogenated alkanes) is 6. The Morgan fingerprint density at radius 2 is 0.783 bits per heavy atom. The first-order valence-electron chi connectivity index (χ1n) is 15.7. The molecule has 10 heteroatoms. The molecule has 0 radical (unpaired) electrons. The molecule has 4 nitrogen and oxygen atoms in total. The van der Waals surface area contributed by atoms with Crippen LogP contribution in [0.15, 0.2) is 72.8 Å². The Morgan fingerprint density at radius 1 is 0.500 bits per heavy atom. The van der Waals surface area contributed by atoms with E-state index in [-0.39, 0.29) is 24.0 Å². The molecule has 3 aromatic carbocycles. The van der Waals surface area contributed by atoms with Crippen LogP contribution in [-0.2, 0) is 9.47 Å². The van der Waals surface area contributed by atoms with Crippen molar-refractivity contribution < 1.29 is 45.4 Å². The number of hydrogen-bond donors (Lipinski definition) is 0. The van der Waals surface area contributed by atoms with Gasteiger partial charge in [0.2, 0.25) is 0 Å². The van der Waals surface area contributed by atoms with Crippen molar-refractivity contribution in [2.24, 2.45) is 0 Å². The molecule has 0 aromatic heterocycles. The van der Waals surface area contributed by atoms with Gasteiger partial charge < -0.3 is 9.47 Å². The van der Waals surface area contributed by atoms with Gasteiger partial charge in [0.15, 0.2) is 12.2 Å². The highest BCUT2D eigenvalue weighted by Gasteiger charge is 2.43. The number of benzene rings is 3. The normalized spacial score (nSPS) is 13.2. The summed E-state index contributed by atoms with van der Waals surface area (Å²) in [5.41, 5.74) is 3.04. The van der Waals surface area contributed by atoms with Crippen molar-refractivity contribution in [3.63, 3.8) is 0 Å². The van der Waals surface area contributed by atoms with Crippen molar-refractivity contribution in [3.05, 3.63) is 83.9 Å². The van der Waals surface area contributed by atoms with Crippen LogP contribution in [0, 0.1) is 0 Å². The van der Waals surface area contributed by atoms with E-state index in [2.05, 4.69) is 0 Å². The molecule has 0 fully saturated rings. The summed E-state index contributed by atoms with van der Waals surface area (Å²) in [4.78, 5) is 24.9. The van der Waals surface area contributed by atoms with Gasteiger partial charge >= 0.3 is 24.3 Å². The topological polar surface area (TPSA) is 52.6 Å². The number of esters is 2. The van der Waals surface area contributed by atoms with Crippen LogP contribution in [0.3, 0.4) is 0 Å². The van der Waals surface area contributed by atoms with Gasteiger partial charge in [0.25, 0.3) is 0 Å². The van der Waals surface area contributed by atoms with Gasteiger partial charge in [0, 0.05) is 0 Å². The van der Waals surface area contributed by atoms with Gasteiger partial charge in [-0.1, -0.05) is 101 Å². The zero-order valence-corrected chi connectivity index (χ0v) is 26.1. The average Bonchev–Trinajstić information content (AvgIpc) is 3.03. The smallest absolute Gasteiger partial charge is 0.425 e. The van der Waals surface area contributed by atoms with Crippen LogP contribution in [0.4, 0.5) is 26.3 Å². The minimum atomic E-state index is -4.64. The molecule has 0 unspecified atom stereocenters. The summed E-state index contributed by atoms with van der Waals surface area (Å²) in [6, 6.07) is 19.4. The van der Waals surface area contributed by atoms with Crippen LogP contribution in [0.25, 0.3) is 22.3 Å². The van der Waals surface area contributed by atoms with Crippen LogP contribution >= 0.6 is 0 Å². The van der Waals surface area contributed by atoms with E-state index in [0.717, 1.165) is 47.9 Å². The molecule has 0 heterocycles. The second kappa shape index (κ2) is 17.2. The lowest BCUT2D eigenvalue weighted by Gasteiger charge is -2.20. The maximum Gasteiger partial charge on any atom is 0.425 e. The summed E-state index contributed by atoms with van der Waals surface area (Å²) in [6.07, 6.45) is -8.82. The van der Waals surface area contributed by atoms with Gasteiger partial charge in [-0.3, -0.25) is 0 Å². The Labute approximate surface area is 266 Å². The first-order chi connectivity index (χ1) is 21.8. The average molecular weight is 651 g/mol. The number of carbonyl (C=O) groups excluding carboxylic acids is 2. The molecular formula is C36H40F6O4. The first kappa shape index (κ1) is 36.6. The van der Waals surface area contributed by atoms with Gasteiger partial charge in [-0.15, -0.1) is 0 Å². The zero-order valence-electron chi connectivity index (χ0n) is 26.1. The van der Waals surface area contributed by atoms with Crippen molar-refractivity contribution >= 4 is 11.9 Å². The fourth-order valence-corrected chi connectivity index (χ4v) is 4.94. The largest absolute Gasteiger partial charge is 0.449 e. The molecule has 250 valence electrons. The summed E-state index contributed by atoms with van der Waals surface area (Å²) in [5, 5.41) is 0. The quantitative estimate of drug-likeness (QED) is 0.0879. The van der Waals surface area contributed by atoms with Crippen molar-refractivity contribution in [3.8, 4) is 22.3 Å². The number of carbonyl (C=O) groups is 2. The molecule has 0 aliphatic rings. The van der Waals surface area contributed by atoms with Crippen molar-refractivity contribution in [2.45, 2.75) is 103 Å². The summed E-state index contributed by atoms with van der Waals surface area (Å²) < 4.78 is 90.1. The Hall–Kier alpha value is -3.82. The third-order valence-electron chi connectivity index (χ3n) is 7.66. The second-order valence-corrected chi connectivity index (χ2v) is 11.3. The van der Waals surface area contributed by atoms with Gasteiger partial charge in [-0.25, -0.2) is 9.59 Å². The molecule has 0 amide bonds. The number of ether oxygens (including phenoxy) is 2. The third-order valence-corrected chi connectivity index (χ3v) is 7.66.